The average Bonchev–Trinajstić information content (AvgIpc) is 2.61. The van der Waals surface area contributed by atoms with Gasteiger partial charge in [-0.15, -0.1) is 0 Å². The van der Waals surface area contributed by atoms with Crippen LogP contribution in [0.1, 0.15) is 17.4 Å². The molecule has 0 spiro atoms. The summed E-state index contributed by atoms with van der Waals surface area (Å²) < 4.78 is 0. The van der Waals surface area contributed by atoms with Gasteiger partial charge in [-0.05, 0) is 24.7 Å². The molecular weight excluding hydrogens is 361 g/mol. The minimum Gasteiger partial charge on any atom is -0.354 e. The van der Waals surface area contributed by atoms with Crippen LogP contribution in [0.2, 0.25) is 10.0 Å². The second-order valence-corrected chi connectivity index (χ2v) is 6.67. The Hall–Kier alpha value is -1.89. The second-order valence-electron chi connectivity index (χ2n) is 5.80. The molecule has 2 aromatic rings. The molecule has 132 valence electrons. The van der Waals surface area contributed by atoms with Crippen molar-refractivity contribution in [1.29, 1.82) is 0 Å². The summed E-state index contributed by atoms with van der Waals surface area (Å²) in [5.41, 5.74) is 0.832. The molecular formula is C17H19Cl2N5O. The van der Waals surface area contributed by atoms with Crippen molar-refractivity contribution >= 4 is 40.6 Å². The van der Waals surface area contributed by atoms with Gasteiger partial charge in [-0.3, -0.25) is 4.79 Å². The Labute approximate surface area is 156 Å². The van der Waals surface area contributed by atoms with Gasteiger partial charge in [0.2, 0.25) is 0 Å². The van der Waals surface area contributed by atoms with Gasteiger partial charge in [0.1, 0.15) is 17.8 Å². The molecule has 1 N–H and O–H groups in total. The number of carbonyl (C=O) groups is 1. The lowest BCUT2D eigenvalue weighted by molar-refractivity contribution is 0.102. The third-order valence-corrected chi connectivity index (χ3v) is 4.59. The molecule has 0 aliphatic carbocycles. The molecule has 1 saturated heterocycles. The maximum atomic E-state index is 12.5. The maximum Gasteiger partial charge on any atom is 0.274 e. The monoisotopic (exact) mass is 379 g/mol. The molecule has 0 bridgehead atoms. The topological polar surface area (TPSA) is 61.4 Å². The largest absolute Gasteiger partial charge is 0.354 e. The lowest BCUT2D eigenvalue weighted by Crippen LogP contribution is -2.46. The van der Waals surface area contributed by atoms with Crippen LogP contribution in [0, 0.1) is 0 Å². The fourth-order valence-electron chi connectivity index (χ4n) is 2.76. The fraction of sp³-hybridized carbons (Fsp3) is 0.353. The van der Waals surface area contributed by atoms with E-state index in [1.165, 1.54) is 6.33 Å². The number of amides is 1. The standard InChI is InChI=1S/C17H19Cl2N5O/c1-2-23-3-5-24(6-4-23)16-10-15(20-11-21-16)17(25)22-14-8-12(18)7-13(19)9-14/h7-11H,2-6H2,1H3,(H,22,25). The van der Waals surface area contributed by atoms with Gasteiger partial charge in [0.15, 0.2) is 0 Å². The Bertz CT molecular complexity index is 742. The van der Waals surface area contributed by atoms with Crippen molar-refractivity contribution in [2.24, 2.45) is 0 Å². The van der Waals surface area contributed by atoms with Gasteiger partial charge in [-0.1, -0.05) is 30.1 Å². The molecule has 1 aromatic heterocycles. The number of benzene rings is 1. The number of nitrogens with one attached hydrogen (secondary N) is 1. The summed E-state index contributed by atoms with van der Waals surface area (Å²) in [7, 11) is 0. The molecule has 25 heavy (non-hydrogen) atoms. The Balaban J connectivity index is 1.71. The molecule has 1 aliphatic rings. The predicted octanol–water partition coefficient (Wildman–Crippen LogP) is 3.18. The molecule has 3 rings (SSSR count). The van der Waals surface area contributed by atoms with E-state index in [1.807, 2.05) is 0 Å². The zero-order valence-electron chi connectivity index (χ0n) is 13.9. The van der Waals surface area contributed by atoms with Gasteiger partial charge >= 0.3 is 0 Å². The summed E-state index contributed by atoms with van der Waals surface area (Å²) in [5.74, 6) is 0.439. The van der Waals surface area contributed by atoms with E-state index < -0.39 is 0 Å². The van der Waals surface area contributed by atoms with E-state index in [-0.39, 0.29) is 5.91 Å². The van der Waals surface area contributed by atoms with E-state index in [1.54, 1.807) is 24.3 Å². The highest BCUT2D eigenvalue weighted by Crippen LogP contribution is 2.23. The number of aromatic nitrogens is 2. The summed E-state index contributed by atoms with van der Waals surface area (Å²) in [6.07, 6.45) is 1.42. The van der Waals surface area contributed by atoms with E-state index in [2.05, 4.69) is 32.0 Å². The Kier molecular flexibility index (Phi) is 5.73. The lowest BCUT2D eigenvalue weighted by atomic mass is 10.2. The summed E-state index contributed by atoms with van der Waals surface area (Å²) >= 11 is 11.9. The van der Waals surface area contributed by atoms with Crippen molar-refractivity contribution in [2.45, 2.75) is 6.92 Å². The van der Waals surface area contributed by atoms with Gasteiger partial charge in [-0.25, -0.2) is 9.97 Å². The first kappa shape index (κ1) is 17.9. The first-order valence-electron chi connectivity index (χ1n) is 8.12. The Morgan fingerprint density at radius 3 is 2.40 bits per heavy atom. The van der Waals surface area contributed by atoms with Crippen molar-refractivity contribution < 1.29 is 4.79 Å². The molecule has 1 aromatic carbocycles. The maximum absolute atomic E-state index is 12.5. The van der Waals surface area contributed by atoms with Gasteiger partial charge in [0.05, 0.1) is 0 Å². The number of carbonyl (C=O) groups excluding carboxylic acids is 1. The fourth-order valence-corrected chi connectivity index (χ4v) is 3.28. The zero-order chi connectivity index (χ0) is 17.8. The number of hydrogen-bond acceptors (Lipinski definition) is 5. The first-order valence-corrected chi connectivity index (χ1v) is 8.87. The van der Waals surface area contributed by atoms with Crippen LogP contribution in [0.4, 0.5) is 11.5 Å². The third kappa shape index (κ3) is 4.60. The number of likely N-dealkylation sites (N-methyl/N-ethyl adjacent to an activating group) is 1. The van der Waals surface area contributed by atoms with Crippen molar-refractivity contribution in [3.8, 4) is 0 Å². The summed E-state index contributed by atoms with van der Waals surface area (Å²) in [4.78, 5) is 25.4. The predicted molar refractivity (Wildman–Crippen MR) is 101 cm³/mol. The zero-order valence-corrected chi connectivity index (χ0v) is 15.4. The van der Waals surface area contributed by atoms with Gasteiger partial charge < -0.3 is 15.1 Å². The van der Waals surface area contributed by atoms with E-state index in [0.29, 0.717) is 21.4 Å². The number of rotatable bonds is 4. The van der Waals surface area contributed by atoms with Crippen LogP contribution in [0.25, 0.3) is 0 Å². The van der Waals surface area contributed by atoms with Crippen LogP contribution in [0.3, 0.4) is 0 Å². The highest BCUT2D eigenvalue weighted by Gasteiger charge is 2.18. The van der Waals surface area contributed by atoms with E-state index in [4.69, 9.17) is 23.2 Å². The van der Waals surface area contributed by atoms with Crippen molar-refractivity contribution in [2.75, 3.05) is 42.9 Å². The summed E-state index contributed by atoms with van der Waals surface area (Å²) in [6, 6.07) is 6.59. The van der Waals surface area contributed by atoms with Crippen LogP contribution in [0.15, 0.2) is 30.6 Å². The van der Waals surface area contributed by atoms with Crippen LogP contribution in [0.5, 0.6) is 0 Å². The van der Waals surface area contributed by atoms with Crippen molar-refractivity contribution in [3.63, 3.8) is 0 Å². The molecule has 1 fully saturated rings. The minimum absolute atomic E-state index is 0.305. The normalized spacial score (nSPS) is 15.2. The number of hydrogen-bond donors (Lipinski definition) is 1. The van der Waals surface area contributed by atoms with E-state index in [9.17, 15) is 4.79 Å². The minimum atomic E-state index is -0.325. The smallest absolute Gasteiger partial charge is 0.274 e. The second kappa shape index (κ2) is 7.99. The highest BCUT2D eigenvalue weighted by molar-refractivity contribution is 6.35. The van der Waals surface area contributed by atoms with Crippen molar-refractivity contribution in [3.05, 3.63) is 46.3 Å². The summed E-state index contributed by atoms with van der Waals surface area (Å²) in [6.45, 7) is 6.95. The molecule has 0 saturated carbocycles. The molecule has 2 heterocycles. The average molecular weight is 380 g/mol. The SMILES string of the molecule is CCN1CCN(c2cc(C(=O)Nc3cc(Cl)cc(Cl)c3)ncn2)CC1. The van der Waals surface area contributed by atoms with Crippen LogP contribution >= 0.6 is 23.2 Å². The molecule has 1 amide bonds. The third-order valence-electron chi connectivity index (χ3n) is 4.15. The number of nitrogens with zero attached hydrogens (tertiary/aromatic N) is 4. The van der Waals surface area contributed by atoms with E-state index >= 15 is 0 Å². The van der Waals surface area contributed by atoms with Crippen LogP contribution < -0.4 is 10.2 Å². The molecule has 6 nitrogen and oxygen atoms in total. The van der Waals surface area contributed by atoms with Crippen molar-refractivity contribution in [1.82, 2.24) is 14.9 Å². The molecule has 0 atom stereocenters. The van der Waals surface area contributed by atoms with Gasteiger partial charge in [0.25, 0.3) is 5.91 Å². The number of halogens is 2. The molecule has 0 radical (unpaired) electrons. The lowest BCUT2D eigenvalue weighted by Gasteiger charge is -2.34. The van der Waals surface area contributed by atoms with Gasteiger partial charge in [0, 0.05) is 48.0 Å². The first-order chi connectivity index (χ1) is 12.0. The van der Waals surface area contributed by atoms with E-state index in [0.717, 1.165) is 38.5 Å². The molecule has 0 unspecified atom stereocenters. The van der Waals surface area contributed by atoms with Gasteiger partial charge in [-0.2, -0.15) is 0 Å². The Morgan fingerprint density at radius 1 is 1.08 bits per heavy atom. The summed E-state index contributed by atoms with van der Waals surface area (Å²) in [5, 5.41) is 3.68. The number of piperazine rings is 1. The number of anilines is 2. The highest BCUT2D eigenvalue weighted by atomic mass is 35.5. The molecule has 8 heteroatoms. The van der Waals surface area contributed by atoms with Crippen LogP contribution in [-0.4, -0.2) is 53.5 Å². The molecule has 1 aliphatic heterocycles. The van der Waals surface area contributed by atoms with Crippen LogP contribution in [-0.2, 0) is 0 Å². The quantitative estimate of drug-likeness (QED) is 0.883. The Morgan fingerprint density at radius 2 is 1.76 bits per heavy atom.